The molecule has 1 fully saturated rings. The third-order valence-electron chi connectivity index (χ3n) is 3.62. The molecule has 122 valence electrons. The Bertz CT molecular complexity index is 695. The number of morpholine rings is 1. The number of tetrazole rings is 1. The standard InChI is InChI=1S/C15H18FN5O2/c1-10-7-20(8-11(2)23-10)14(22)9-21-18-15(17-19-21)12-5-3-4-6-13(12)16/h3-6,10-11H,7-9H2,1-2H3/t10-,11-/m0/s1. The number of carbonyl (C=O) groups excluding carboxylic acids is 1. The Morgan fingerprint density at radius 2 is 2.00 bits per heavy atom. The zero-order valence-electron chi connectivity index (χ0n) is 13.0. The van der Waals surface area contributed by atoms with Crippen molar-refractivity contribution in [2.24, 2.45) is 0 Å². The summed E-state index contributed by atoms with van der Waals surface area (Å²) in [5, 5.41) is 11.7. The van der Waals surface area contributed by atoms with Gasteiger partial charge in [-0.25, -0.2) is 4.39 Å². The topological polar surface area (TPSA) is 73.1 Å². The molecule has 7 nitrogen and oxygen atoms in total. The maximum Gasteiger partial charge on any atom is 0.246 e. The van der Waals surface area contributed by atoms with Gasteiger partial charge < -0.3 is 9.64 Å². The van der Waals surface area contributed by atoms with Crippen LogP contribution in [0.1, 0.15) is 13.8 Å². The van der Waals surface area contributed by atoms with Gasteiger partial charge in [-0.1, -0.05) is 12.1 Å². The van der Waals surface area contributed by atoms with E-state index in [0.717, 1.165) is 0 Å². The van der Waals surface area contributed by atoms with Crippen LogP contribution in [-0.2, 0) is 16.1 Å². The number of amides is 1. The van der Waals surface area contributed by atoms with Crippen molar-refractivity contribution in [3.63, 3.8) is 0 Å². The number of hydrogen-bond acceptors (Lipinski definition) is 5. The minimum Gasteiger partial charge on any atom is -0.372 e. The van der Waals surface area contributed by atoms with Gasteiger partial charge in [0.25, 0.3) is 0 Å². The molecule has 0 spiro atoms. The van der Waals surface area contributed by atoms with Crippen LogP contribution < -0.4 is 0 Å². The minimum atomic E-state index is -0.422. The molecule has 1 aliphatic heterocycles. The summed E-state index contributed by atoms with van der Waals surface area (Å²) in [5.74, 6) is -0.363. The number of rotatable bonds is 3. The summed E-state index contributed by atoms with van der Waals surface area (Å²) < 4.78 is 19.3. The van der Waals surface area contributed by atoms with Gasteiger partial charge in [0.15, 0.2) is 0 Å². The summed E-state index contributed by atoms with van der Waals surface area (Å²) in [5.41, 5.74) is 0.264. The van der Waals surface area contributed by atoms with Gasteiger partial charge in [0, 0.05) is 13.1 Å². The first-order valence-corrected chi connectivity index (χ1v) is 7.49. The molecule has 1 aliphatic rings. The Morgan fingerprint density at radius 3 is 2.70 bits per heavy atom. The molecule has 23 heavy (non-hydrogen) atoms. The van der Waals surface area contributed by atoms with Crippen molar-refractivity contribution >= 4 is 5.91 Å². The molecule has 2 heterocycles. The van der Waals surface area contributed by atoms with Crippen molar-refractivity contribution in [3.8, 4) is 11.4 Å². The van der Waals surface area contributed by atoms with Crippen LogP contribution in [0.4, 0.5) is 4.39 Å². The van der Waals surface area contributed by atoms with Gasteiger partial charge in [-0.15, -0.1) is 10.2 Å². The Morgan fingerprint density at radius 1 is 1.30 bits per heavy atom. The molecular weight excluding hydrogens is 301 g/mol. The Labute approximate surface area is 133 Å². The van der Waals surface area contributed by atoms with Gasteiger partial charge in [-0.05, 0) is 31.2 Å². The fourth-order valence-corrected chi connectivity index (χ4v) is 2.66. The first-order chi connectivity index (χ1) is 11.0. The van der Waals surface area contributed by atoms with Gasteiger partial charge in [0.2, 0.25) is 11.7 Å². The molecule has 0 N–H and O–H groups in total. The lowest BCUT2D eigenvalue weighted by Crippen LogP contribution is -2.49. The quantitative estimate of drug-likeness (QED) is 0.847. The maximum absolute atomic E-state index is 13.7. The highest BCUT2D eigenvalue weighted by Gasteiger charge is 2.26. The molecule has 0 saturated carbocycles. The summed E-state index contributed by atoms with van der Waals surface area (Å²) in [6, 6.07) is 6.19. The highest BCUT2D eigenvalue weighted by molar-refractivity contribution is 5.76. The predicted octanol–water partition coefficient (Wildman–Crippen LogP) is 1.11. The number of hydrogen-bond donors (Lipinski definition) is 0. The lowest BCUT2D eigenvalue weighted by Gasteiger charge is -2.35. The Hall–Kier alpha value is -2.35. The SMILES string of the molecule is C[C@H]1CN(C(=O)Cn2nnc(-c3ccccc3F)n2)C[C@H](C)O1. The van der Waals surface area contributed by atoms with Gasteiger partial charge in [0.1, 0.15) is 12.4 Å². The summed E-state index contributed by atoms with van der Waals surface area (Å²) in [6.07, 6.45) is 0.000706. The summed E-state index contributed by atoms with van der Waals surface area (Å²) in [6.45, 7) is 4.91. The van der Waals surface area contributed by atoms with E-state index in [0.29, 0.717) is 13.1 Å². The van der Waals surface area contributed by atoms with E-state index < -0.39 is 5.82 Å². The summed E-state index contributed by atoms with van der Waals surface area (Å²) >= 11 is 0. The number of ether oxygens (including phenoxy) is 1. The summed E-state index contributed by atoms with van der Waals surface area (Å²) in [4.78, 5) is 15.3. The zero-order valence-corrected chi connectivity index (χ0v) is 13.0. The minimum absolute atomic E-state index is 0.000353. The molecule has 0 unspecified atom stereocenters. The van der Waals surface area contributed by atoms with E-state index in [1.54, 1.807) is 23.1 Å². The molecule has 1 saturated heterocycles. The fourth-order valence-electron chi connectivity index (χ4n) is 2.66. The Balaban J connectivity index is 1.69. The highest BCUT2D eigenvalue weighted by Crippen LogP contribution is 2.17. The normalized spacial score (nSPS) is 21.4. The predicted molar refractivity (Wildman–Crippen MR) is 79.8 cm³/mol. The Kier molecular flexibility index (Phi) is 4.33. The van der Waals surface area contributed by atoms with Crippen molar-refractivity contribution in [1.29, 1.82) is 0 Å². The molecule has 2 aromatic rings. The van der Waals surface area contributed by atoms with Crippen LogP contribution in [0.15, 0.2) is 24.3 Å². The van der Waals surface area contributed by atoms with Gasteiger partial charge >= 0.3 is 0 Å². The second-order valence-electron chi connectivity index (χ2n) is 5.68. The van der Waals surface area contributed by atoms with Crippen LogP contribution in [0.25, 0.3) is 11.4 Å². The van der Waals surface area contributed by atoms with E-state index in [1.165, 1.54) is 10.9 Å². The molecule has 2 atom stereocenters. The molecule has 8 heteroatoms. The van der Waals surface area contributed by atoms with Crippen LogP contribution in [0.5, 0.6) is 0 Å². The lowest BCUT2D eigenvalue weighted by molar-refractivity contribution is -0.144. The van der Waals surface area contributed by atoms with Gasteiger partial charge in [-0.2, -0.15) is 4.80 Å². The van der Waals surface area contributed by atoms with Crippen LogP contribution in [0.3, 0.4) is 0 Å². The summed E-state index contributed by atoms with van der Waals surface area (Å²) in [7, 11) is 0. The number of benzene rings is 1. The van der Waals surface area contributed by atoms with Crippen molar-refractivity contribution < 1.29 is 13.9 Å². The van der Waals surface area contributed by atoms with Crippen molar-refractivity contribution in [3.05, 3.63) is 30.1 Å². The third kappa shape index (κ3) is 3.53. The first-order valence-electron chi connectivity index (χ1n) is 7.49. The molecular formula is C15H18FN5O2. The van der Waals surface area contributed by atoms with E-state index in [9.17, 15) is 9.18 Å². The number of nitrogens with zero attached hydrogens (tertiary/aromatic N) is 5. The first kappa shape index (κ1) is 15.5. The van der Waals surface area contributed by atoms with Crippen LogP contribution in [0, 0.1) is 5.82 Å². The smallest absolute Gasteiger partial charge is 0.246 e. The molecule has 1 aromatic heterocycles. The number of aromatic nitrogens is 4. The lowest BCUT2D eigenvalue weighted by atomic mass is 10.2. The molecule has 0 bridgehead atoms. The molecule has 3 rings (SSSR count). The van der Waals surface area contributed by atoms with E-state index >= 15 is 0 Å². The third-order valence-corrected chi connectivity index (χ3v) is 3.62. The second-order valence-corrected chi connectivity index (χ2v) is 5.68. The maximum atomic E-state index is 13.7. The van der Waals surface area contributed by atoms with Crippen molar-refractivity contribution in [1.82, 2.24) is 25.1 Å². The molecule has 1 amide bonds. The van der Waals surface area contributed by atoms with Crippen LogP contribution >= 0.6 is 0 Å². The van der Waals surface area contributed by atoms with Gasteiger partial charge in [0.05, 0.1) is 17.8 Å². The monoisotopic (exact) mass is 319 g/mol. The number of carbonyl (C=O) groups is 1. The van der Waals surface area contributed by atoms with E-state index in [2.05, 4.69) is 15.4 Å². The second kappa shape index (κ2) is 6.41. The fraction of sp³-hybridized carbons (Fsp3) is 0.467. The van der Waals surface area contributed by atoms with Crippen LogP contribution in [0.2, 0.25) is 0 Å². The average molecular weight is 319 g/mol. The zero-order chi connectivity index (χ0) is 16.4. The van der Waals surface area contributed by atoms with E-state index in [4.69, 9.17) is 4.74 Å². The largest absolute Gasteiger partial charge is 0.372 e. The van der Waals surface area contributed by atoms with E-state index in [-0.39, 0.29) is 36.0 Å². The molecule has 0 radical (unpaired) electrons. The van der Waals surface area contributed by atoms with Gasteiger partial charge in [-0.3, -0.25) is 4.79 Å². The molecule has 0 aliphatic carbocycles. The highest BCUT2D eigenvalue weighted by atomic mass is 19.1. The van der Waals surface area contributed by atoms with E-state index in [1.807, 2.05) is 13.8 Å². The van der Waals surface area contributed by atoms with Crippen LogP contribution in [-0.4, -0.2) is 56.3 Å². The molecule has 1 aromatic carbocycles. The van der Waals surface area contributed by atoms with Crippen molar-refractivity contribution in [2.75, 3.05) is 13.1 Å². The van der Waals surface area contributed by atoms with Crippen molar-refractivity contribution in [2.45, 2.75) is 32.6 Å². The average Bonchev–Trinajstić information content (AvgIpc) is 2.95. The number of halogens is 1.